The Morgan fingerprint density at radius 3 is 2.38 bits per heavy atom. The van der Waals surface area contributed by atoms with E-state index in [-0.39, 0.29) is 0 Å². The van der Waals surface area contributed by atoms with E-state index < -0.39 is 0 Å². The number of nitrogens with zero attached hydrogens (tertiary/aromatic N) is 1. The summed E-state index contributed by atoms with van der Waals surface area (Å²) in [6.07, 6.45) is 7.06. The summed E-state index contributed by atoms with van der Waals surface area (Å²) in [5.74, 6) is 0.805. The predicted octanol–water partition coefficient (Wildman–Crippen LogP) is 3.42. The topological polar surface area (TPSA) is 3.24 Å². The molecule has 1 heterocycles. The Kier molecular flexibility index (Phi) is 2.96. The lowest BCUT2D eigenvalue weighted by Gasteiger charge is -2.29. The van der Waals surface area contributed by atoms with Crippen LogP contribution < -0.4 is 0 Å². The Labute approximate surface area is 98.5 Å². The molecule has 0 unspecified atom stereocenters. The summed E-state index contributed by atoms with van der Waals surface area (Å²) in [6, 6.07) is 12.0. The fourth-order valence-electron chi connectivity index (χ4n) is 3.54. The van der Waals surface area contributed by atoms with Crippen LogP contribution in [-0.2, 0) is 0 Å². The molecular formula is C15H21N. The minimum Gasteiger partial charge on any atom is -0.300 e. The first-order chi connectivity index (χ1) is 7.95. The van der Waals surface area contributed by atoms with Gasteiger partial charge in [0.2, 0.25) is 0 Å². The molecule has 1 aliphatic heterocycles. The van der Waals surface area contributed by atoms with Gasteiger partial charge in [0.25, 0.3) is 0 Å². The molecule has 1 aromatic rings. The summed E-state index contributed by atoms with van der Waals surface area (Å²) in [6.45, 7) is 2.68. The largest absolute Gasteiger partial charge is 0.300 e. The number of hydrogen-bond acceptors (Lipinski definition) is 1. The highest BCUT2D eigenvalue weighted by molar-refractivity contribution is 5.22. The zero-order chi connectivity index (χ0) is 10.8. The summed E-state index contributed by atoms with van der Waals surface area (Å²) >= 11 is 0. The van der Waals surface area contributed by atoms with Crippen LogP contribution >= 0.6 is 0 Å². The van der Waals surface area contributed by atoms with Gasteiger partial charge >= 0.3 is 0 Å². The molecule has 0 bridgehead atoms. The van der Waals surface area contributed by atoms with Gasteiger partial charge in [0, 0.05) is 6.04 Å². The minimum absolute atomic E-state index is 0.805. The van der Waals surface area contributed by atoms with Gasteiger partial charge < -0.3 is 0 Å². The van der Waals surface area contributed by atoms with E-state index in [0.717, 1.165) is 12.0 Å². The van der Waals surface area contributed by atoms with Crippen molar-refractivity contribution in [1.29, 1.82) is 0 Å². The third-order valence-corrected chi connectivity index (χ3v) is 4.32. The minimum atomic E-state index is 0.805. The predicted molar refractivity (Wildman–Crippen MR) is 67.6 cm³/mol. The van der Waals surface area contributed by atoms with Gasteiger partial charge in [-0.15, -0.1) is 0 Å². The Bertz CT molecular complexity index is 327. The van der Waals surface area contributed by atoms with Gasteiger partial charge in [0.1, 0.15) is 0 Å². The second kappa shape index (κ2) is 4.58. The Morgan fingerprint density at radius 2 is 1.62 bits per heavy atom. The molecular weight excluding hydrogens is 194 g/mol. The molecule has 3 rings (SSSR count). The molecule has 2 fully saturated rings. The maximum atomic E-state index is 2.74. The SMILES string of the molecule is c1ccc([C@@H]2CCC[C@@H]2N2CCCC2)cc1. The van der Waals surface area contributed by atoms with Gasteiger partial charge in [-0.05, 0) is 50.3 Å². The van der Waals surface area contributed by atoms with Gasteiger partial charge in [-0.3, -0.25) is 4.90 Å². The van der Waals surface area contributed by atoms with Gasteiger partial charge in [-0.2, -0.15) is 0 Å². The Hall–Kier alpha value is -0.820. The van der Waals surface area contributed by atoms with Crippen LogP contribution in [0.15, 0.2) is 30.3 Å². The van der Waals surface area contributed by atoms with Crippen LogP contribution in [0.2, 0.25) is 0 Å². The van der Waals surface area contributed by atoms with Gasteiger partial charge in [0.05, 0.1) is 0 Å². The van der Waals surface area contributed by atoms with Crippen LogP contribution in [0.1, 0.15) is 43.6 Å². The normalized spacial score (nSPS) is 31.0. The molecule has 2 atom stereocenters. The molecule has 1 aliphatic carbocycles. The van der Waals surface area contributed by atoms with Crippen LogP contribution in [0, 0.1) is 0 Å². The molecule has 0 N–H and O–H groups in total. The first-order valence-corrected chi connectivity index (χ1v) is 6.74. The molecule has 1 nitrogen and oxygen atoms in total. The van der Waals surface area contributed by atoms with Crippen LogP contribution in [0.4, 0.5) is 0 Å². The summed E-state index contributed by atoms with van der Waals surface area (Å²) in [4.78, 5) is 2.74. The third-order valence-electron chi connectivity index (χ3n) is 4.32. The van der Waals surface area contributed by atoms with E-state index in [1.165, 1.54) is 45.2 Å². The molecule has 1 saturated carbocycles. The standard InChI is InChI=1S/C15H21N/c1-2-7-13(8-3-1)14-9-6-10-15(14)16-11-4-5-12-16/h1-3,7-8,14-15H,4-6,9-12H2/t14-,15-/m0/s1. The average Bonchev–Trinajstić information content (AvgIpc) is 3.01. The second-order valence-electron chi connectivity index (χ2n) is 5.26. The molecule has 0 aromatic heterocycles. The first-order valence-electron chi connectivity index (χ1n) is 6.74. The van der Waals surface area contributed by atoms with E-state index in [2.05, 4.69) is 35.2 Å². The lowest BCUT2D eigenvalue weighted by molar-refractivity contribution is 0.228. The lowest BCUT2D eigenvalue weighted by Crippen LogP contribution is -2.34. The van der Waals surface area contributed by atoms with Gasteiger partial charge in [-0.1, -0.05) is 36.8 Å². The summed E-state index contributed by atoms with van der Waals surface area (Å²) in [5.41, 5.74) is 1.57. The van der Waals surface area contributed by atoms with Gasteiger partial charge in [0.15, 0.2) is 0 Å². The second-order valence-corrected chi connectivity index (χ2v) is 5.26. The van der Waals surface area contributed by atoms with Gasteiger partial charge in [-0.25, -0.2) is 0 Å². The molecule has 86 valence electrons. The fraction of sp³-hybridized carbons (Fsp3) is 0.600. The maximum Gasteiger partial charge on any atom is 0.0164 e. The number of benzene rings is 1. The average molecular weight is 215 g/mol. The smallest absolute Gasteiger partial charge is 0.0164 e. The Morgan fingerprint density at radius 1 is 0.875 bits per heavy atom. The van der Waals surface area contributed by atoms with Crippen molar-refractivity contribution in [3.8, 4) is 0 Å². The van der Waals surface area contributed by atoms with Crippen molar-refractivity contribution in [3.63, 3.8) is 0 Å². The van der Waals surface area contributed by atoms with E-state index >= 15 is 0 Å². The van der Waals surface area contributed by atoms with E-state index in [9.17, 15) is 0 Å². The van der Waals surface area contributed by atoms with Crippen LogP contribution in [0.25, 0.3) is 0 Å². The highest BCUT2D eigenvalue weighted by atomic mass is 15.2. The Balaban J connectivity index is 1.78. The summed E-state index contributed by atoms with van der Waals surface area (Å²) < 4.78 is 0. The molecule has 1 heteroatoms. The van der Waals surface area contributed by atoms with E-state index in [4.69, 9.17) is 0 Å². The van der Waals surface area contributed by atoms with Crippen molar-refractivity contribution >= 4 is 0 Å². The van der Waals surface area contributed by atoms with Crippen LogP contribution in [-0.4, -0.2) is 24.0 Å². The molecule has 1 aromatic carbocycles. The quantitative estimate of drug-likeness (QED) is 0.730. The lowest BCUT2D eigenvalue weighted by atomic mass is 9.93. The number of hydrogen-bond donors (Lipinski definition) is 0. The molecule has 0 radical (unpaired) electrons. The molecule has 2 aliphatic rings. The monoisotopic (exact) mass is 215 g/mol. The van der Waals surface area contributed by atoms with E-state index in [1.807, 2.05) is 0 Å². The summed E-state index contributed by atoms with van der Waals surface area (Å²) in [5, 5.41) is 0. The summed E-state index contributed by atoms with van der Waals surface area (Å²) in [7, 11) is 0. The fourth-order valence-corrected chi connectivity index (χ4v) is 3.54. The van der Waals surface area contributed by atoms with Crippen LogP contribution in [0.3, 0.4) is 0 Å². The van der Waals surface area contributed by atoms with E-state index in [0.29, 0.717) is 0 Å². The zero-order valence-electron chi connectivity index (χ0n) is 9.94. The highest BCUT2D eigenvalue weighted by Crippen LogP contribution is 2.38. The maximum absolute atomic E-state index is 2.74. The third kappa shape index (κ3) is 1.89. The van der Waals surface area contributed by atoms with Crippen LogP contribution in [0.5, 0.6) is 0 Å². The number of rotatable bonds is 2. The number of likely N-dealkylation sites (tertiary alicyclic amines) is 1. The van der Waals surface area contributed by atoms with Crippen molar-refractivity contribution in [2.75, 3.05) is 13.1 Å². The zero-order valence-corrected chi connectivity index (χ0v) is 9.94. The van der Waals surface area contributed by atoms with Crippen molar-refractivity contribution in [2.45, 2.75) is 44.1 Å². The highest BCUT2D eigenvalue weighted by Gasteiger charge is 2.33. The molecule has 0 amide bonds. The van der Waals surface area contributed by atoms with Crippen molar-refractivity contribution in [3.05, 3.63) is 35.9 Å². The van der Waals surface area contributed by atoms with Crippen molar-refractivity contribution in [2.24, 2.45) is 0 Å². The van der Waals surface area contributed by atoms with Crippen molar-refractivity contribution in [1.82, 2.24) is 4.90 Å². The molecule has 0 spiro atoms. The molecule has 1 saturated heterocycles. The van der Waals surface area contributed by atoms with Crippen molar-refractivity contribution < 1.29 is 0 Å². The first kappa shape index (κ1) is 10.3. The molecule has 16 heavy (non-hydrogen) atoms. The van der Waals surface area contributed by atoms with E-state index in [1.54, 1.807) is 5.56 Å².